The predicted octanol–water partition coefficient (Wildman–Crippen LogP) is 2.61. The van der Waals surface area contributed by atoms with Gasteiger partial charge in [-0.3, -0.25) is 4.79 Å². The molecule has 2 aromatic rings. The monoisotopic (exact) mass is 342 g/mol. The molecule has 24 heavy (non-hydrogen) atoms. The zero-order chi connectivity index (χ0) is 17.7. The molecule has 0 unspecified atom stereocenters. The number of hydrogen-bond acceptors (Lipinski definition) is 3. The summed E-state index contributed by atoms with van der Waals surface area (Å²) in [5.74, 6) is 2.15. The first-order chi connectivity index (χ1) is 11.3. The zero-order valence-corrected chi connectivity index (χ0v) is 14.2. The molecule has 0 spiro atoms. The zero-order valence-electron chi connectivity index (χ0n) is 13.4. The predicted molar refractivity (Wildman–Crippen MR) is 94.2 cm³/mol. The van der Waals surface area contributed by atoms with Crippen LogP contribution in [0.3, 0.4) is 0 Å². The molecule has 0 heterocycles. The third-order valence-electron chi connectivity index (χ3n) is 3.10. The Morgan fingerprint density at radius 3 is 2.38 bits per heavy atom. The SMILES string of the molecule is C#Cc1cccc(NC(=O)c2ccc(S(=O)(=O)NC(C)C)cc2)c1. The van der Waals surface area contributed by atoms with Crippen LogP contribution in [-0.2, 0) is 10.0 Å². The Morgan fingerprint density at radius 1 is 1.12 bits per heavy atom. The maximum Gasteiger partial charge on any atom is 0.255 e. The molecule has 1 amide bonds. The summed E-state index contributed by atoms with van der Waals surface area (Å²) in [5, 5.41) is 2.72. The van der Waals surface area contributed by atoms with Crippen LogP contribution in [0.1, 0.15) is 29.8 Å². The van der Waals surface area contributed by atoms with Crippen molar-refractivity contribution in [2.24, 2.45) is 0 Å². The van der Waals surface area contributed by atoms with Gasteiger partial charge < -0.3 is 5.32 Å². The van der Waals surface area contributed by atoms with E-state index in [2.05, 4.69) is 16.0 Å². The summed E-state index contributed by atoms with van der Waals surface area (Å²) < 4.78 is 26.6. The first-order valence-electron chi connectivity index (χ1n) is 7.32. The van der Waals surface area contributed by atoms with Crippen molar-refractivity contribution in [3.63, 3.8) is 0 Å². The second-order valence-electron chi connectivity index (χ2n) is 5.48. The van der Waals surface area contributed by atoms with Crippen LogP contribution in [0.25, 0.3) is 0 Å². The van der Waals surface area contributed by atoms with Crippen molar-refractivity contribution in [1.82, 2.24) is 4.72 Å². The summed E-state index contributed by atoms with van der Waals surface area (Å²) in [4.78, 5) is 12.3. The number of benzene rings is 2. The van der Waals surface area contributed by atoms with Crippen molar-refractivity contribution in [2.75, 3.05) is 5.32 Å². The molecule has 0 aliphatic carbocycles. The van der Waals surface area contributed by atoms with Crippen molar-refractivity contribution in [1.29, 1.82) is 0 Å². The lowest BCUT2D eigenvalue weighted by Crippen LogP contribution is -2.30. The minimum atomic E-state index is -3.57. The first-order valence-corrected chi connectivity index (χ1v) is 8.80. The first kappa shape index (κ1) is 17.7. The number of rotatable bonds is 5. The Morgan fingerprint density at radius 2 is 1.79 bits per heavy atom. The Bertz CT molecular complexity index is 879. The number of terminal acetylenes is 1. The summed E-state index contributed by atoms with van der Waals surface area (Å²) in [6.07, 6.45) is 5.33. The van der Waals surface area contributed by atoms with Crippen molar-refractivity contribution in [2.45, 2.75) is 24.8 Å². The summed E-state index contributed by atoms with van der Waals surface area (Å²) in [6, 6.07) is 12.4. The van der Waals surface area contributed by atoms with Gasteiger partial charge in [0, 0.05) is 22.9 Å². The van der Waals surface area contributed by atoms with Crippen molar-refractivity contribution in [3.8, 4) is 12.3 Å². The summed E-state index contributed by atoms with van der Waals surface area (Å²) in [7, 11) is -3.57. The molecule has 6 heteroatoms. The molecule has 0 atom stereocenters. The molecule has 0 radical (unpaired) electrons. The van der Waals surface area contributed by atoms with Crippen molar-refractivity contribution < 1.29 is 13.2 Å². The fraction of sp³-hybridized carbons (Fsp3) is 0.167. The van der Waals surface area contributed by atoms with Gasteiger partial charge in [0.05, 0.1) is 4.90 Å². The number of carbonyl (C=O) groups excluding carboxylic acids is 1. The maximum atomic E-state index is 12.2. The highest BCUT2D eigenvalue weighted by Crippen LogP contribution is 2.14. The lowest BCUT2D eigenvalue weighted by molar-refractivity contribution is 0.102. The smallest absolute Gasteiger partial charge is 0.255 e. The molecule has 0 aliphatic rings. The molecular weight excluding hydrogens is 324 g/mol. The van der Waals surface area contributed by atoms with Gasteiger partial charge >= 0.3 is 0 Å². The van der Waals surface area contributed by atoms with E-state index in [1.54, 1.807) is 38.1 Å². The highest BCUT2D eigenvalue weighted by Gasteiger charge is 2.16. The number of sulfonamides is 1. The van der Waals surface area contributed by atoms with Gasteiger partial charge in [-0.2, -0.15) is 0 Å². The van der Waals surface area contributed by atoms with Crippen LogP contribution in [0, 0.1) is 12.3 Å². The Kier molecular flexibility index (Phi) is 5.39. The van der Waals surface area contributed by atoms with Gasteiger partial charge in [0.15, 0.2) is 0 Å². The van der Waals surface area contributed by atoms with E-state index in [1.807, 2.05) is 0 Å². The van der Waals surface area contributed by atoms with Gasteiger partial charge in [0.25, 0.3) is 5.91 Å². The molecule has 2 aromatic carbocycles. The average Bonchev–Trinajstić information content (AvgIpc) is 2.54. The fourth-order valence-corrected chi connectivity index (χ4v) is 3.30. The van der Waals surface area contributed by atoms with E-state index < -0.39 is 10.0 Å². The van der Waals surface area contributed by atoms with Crippen LogP contribution in [0.15, 0.2) is 53.4 Å². The number of hydrogen-bond donors (Lipinski definition) is 2. The molecule has 5 nitrogen and oxygen atoms in total. The van der Waals surface area contributed by atoms with Gasteiger partial charge in [-0.15, -0.1) is 6.42 Å². The van der Waals surface area contributed by atoms with Gasteiger partial charge in [-0.1, -0.05) is 12.0 Å². The highest BCUT2D eigenvalue weighted by molar-refractivity contribution is 7.89. The van der Waals surface area contributed by atoms with Crippen LogP contribution < -0.4 is 10.0 Å². The minimum absolute atomic E-state index is 0.113. The van der Waals surface area contributed by atoms with Gasteiger partial charge in [-0.25, -0.2) is 13.1 Å². The van der Waals surface area contributed by atoms with E-state index in [1.165, 1.54) is 24.3 Å². The van der Waals surface area contributed by atoms with Crippen LogP contribution in [0.2, 0.25) is 0 Å². The molecule has 0 aromatic heterocycles. The minimum Gasteiger partial charge on any atom is -0.322 e. The summed E-state index contributed by atoms with van der Waals surface area (Å²) in [5.41, 5.74) is 1.59. The molecule has 2 rings (SSSR count). The molecule has 0 aliphatic heterocycles. The third-order valence-corrected chi connectivity index (χ3v) is 4.78. The van der Waals surface area contributed by atoms with E-state index in [4.69, 9.17) is 6.42 Å². The molecule has 0 bridgehead atoms. The molecule has 0 saturated carbocycles. The quantitative estimate of drug-likeness (QED) is 0.820. The van der Waals surface area contributed by atoms with Gasteiger partial charge in [0.2, 0.25) is 10.0 Å². The van der Waals surface area contributed by atoms with E-state index in [-0.39, 0.29) is 16.8 Å². The van der Waals surface area contributed by atoms with Gasteiger partial charge in [-0.05, 0) is 56.3 Å². The number of anilines is 1. The standard InChI is InChI=1S/C18H18N2O3S/c1-4-14-6-5-7-16(12-14)19-18(21)15-8-10-17(11-9-15)24(22,23)20-13(2)3/h1,5-13,20H,2-3H3,(H,19,21). The topological polar surface area (TPSA) is 75.3 Å². The van der Waals surface area contributed by atoms with Crippen LogP contribution >= 0.6 is 0 Å². The van der Waals surface area contributed by atoms with Crippen LogP contribution in [0.4, 0.5) is 5.69 Å². The average molecular weight is 342 g/mol. The van der Waals surface area contributed by atoms with Crippen molar-refractivity contribution in [3.05, 3.63) is 59.7 Å². The molecule has 0 fully saturated rings. The third kappa shape index (κ3) is 4.44. The van der Waals surface area contributed by atoms with E-state index in [0.717, 1.165) is 0 Å². The lowest BCUT2D eigenvalue weighted by Gasteiger charge is -2.10. The number of amides is 1. The highest BCUT2D eigenvalue weighted by atomic mass is 32.2. The maximum absolute atomic E-state index is 12.2. The van der Waals surface area contributed by atoms with Crippen molar-refractivity contribution >= 4 is 21.6 Å². The van der Waals surface area contributed by atoms with E-state index in [9.17, 15) is 13.2 Å². The van der Waals surface area contributed by atoms with Crippen LogP contribution in [-0.4, -0.2) is 20.4 Å². The van der Waals surface area contributed by atoms with Crippen LogP contribution in [0.5, 0.6) is 0 Å². The molecule has 2 N–H and O–H groups in total. The lowest BCUT2D eigenvalue weighted by atomic mass is 10.2. The molecule has 124 valence electrons. The normalized spacial score (nSPS) is 11.1. The fourth-order valence-electron chi connectivity index (χ4n) is 2.05. The Hall–Kier alpha value is -2.62. The summed E-state index contributed by atoms with van der Waals surface area (Å²) in [6.45, 7) is 3.48. The largest absolute Gasteiger partial charge is 0.322 e. The van der Waals surface area contributed by atoms with Gasteiger partial charge in [0.1, 0.15) is 0 Å². The Labute approximate surface area is 142 Å². The summed E-state index contributed by atoms with van der Waals surface area (Å²) >= 11 is 0. The van der Waals surface area contributed by atoms with E-state index >= 15 is 0 Å². The second-order valence-corrected chi connectivity index (χ2v) is 7.19. The molecular formula is C18H18N2O3S. The van der Waals surface area contributed by atoms with E-state index in [0.29, 0.717) is 16.8 Å². The molecule has 0 saturated heterocycles. The Balaban J connectivity index is 2.15. The second kappa shape index (κ2) is 7.30. The number of carbonyl (C=O) groups is 1. The number of nitrogens with one attached hydrogen (secondary N) is 2.